The van der Waals surface area contributed by atoms with Crippen LogP contribution in [-0.4, -0.2) is 63.0 Å². The molecule has 9 nitrogen and oxygen atoms in total. The highest BCUT2D eigenvalue weighted by molar-refractivity contribution is 5.89. The van der Waals surface area contributed by atoms with Crippen molar-refractivity contribution in [2.45, 2.75) is 27.2 Å². The van der Waals surface area contributed by atoms with Gasteiger partial charge in [-0.2, -0.15) is 4.98 Å². The van der Waals surface area contributed by atoms with E-state index in [-0.39, 0.29) is 11.5 Å². The summed E-state index contributed by atoms with van der Waals surface area (Å²) in [6.07, 6.45) is 5.27. The number of hydrogen-bond donors (Lipinski definition) is 3. The Balaban J connectivity index is 2.20. The first-order chi connectivity index (χ1) is 13.5. The van der Waals surface area contributed by atoms with Gasteiger partial charge < -0.3 is 20.6 Å². The highest BCUT2D eigenvalue weighted by atomic mass is 16.4. The molecule has 0 bridgehead atoms. The number of carbonyl (C=O) groups excluding carboxylic acids is 1. The third-order valence-corrected chi connectivity index (χ3v) is 4.14. The second-order valence-electron chi connectivity index (χ2n) is 6.13. The zero-order valence-corrected chi connectivity index (χ0v) is 16.4. The number of anilines is 2. The molecule has 150 valence electrons. The largest absolute Gasteiger partial charge is 0.478 e. The Kier molecular flexibility index (Phi) is 7.67. The zero-order valence-electron chi connectivity index (χ0n) is 16.4. The maximum Gasteiger partial charge on any atom is 0.337 e. The van der Waals surface area contributed by atoms with E-state index >= 15 is 0 Å². The van der Waals surface area contributed by atoms with E-state index in [4.69, 9.17) is 0 Å². The number of pyridine rings is 1. The van der Waals surface area contributed by atoms with Crippen molar-refractivity contribution in [1.82, 2.24) is 19.9 Å². The summed E-state index contributed by atoms with van der Waals surface area (Å²) in [4.78, 5) is 37.3. The van der Waals surface area contributed by atoms with Crippen LogP contribution >= 0.6 is 0 Å². The lowest BCUT2D eigenvalue weighted by atomic mass is 10.1. The van der Waals surface area contributed by atoms with Gasteiger partial charge in [0.25, 0.3) is 0 Å². The number of hydrogen-bond acceptors (Lipinski definition) is 7. The van der Waals surface area contributed by atoms with Crippen molar-refractivity contribution < 1.29 is 14.7 Å². The third kappa shape index (κ3) is 5.63. The van der Waals surface area contributed by atoms with Crippen LogP contribution in [0.4, 0.5) is 11.8 Å². The Morgan fingerprint density at radius 3 is 2.61 bits per heavy atom. The Labute approximate surface area is 164 Å². The molecular weight excluding hydrogens is 360 g/mol. The van der Waals surface area contributed by atoms with Crippen molar-refractivity contribution in [3.05, 3.63) is 30.2 Å². The van der Waals surface area contributed by atoms with Gasteiger partial charge in [0.1, 0.15) is 5.82 Å². The van der Waals surface area contributed by atoms with Gasteiger partial charge in [-0.3, -0.25) is 9.78 Å². The molecular formula is C19H26N6O3. The lowest BCUT2D eigenvalue weighted by molar-refractivity contribution is -0.128. The molecule has 0 aliphatic rings. The normalized spacial score (nSPS) is 10.4. The molecule has 9 heteroatoms. The molecule has 0 aromatic carbocycles. The highest BCUT2D eigenvalue weighted by Gasteiger charge is 2.13. The second-order valence-corrected chi connectivity index (χ2v) is 6.13. The van der Waals surface area contributed by atoms with E-state index in [2.05, 4.69) is 25.6 Å². The van der Waals surface area contributed by atoms with Crippen LogP contribution < -0.4 is 10.6 Å². The van der Waals surface area contributed by atoms with Crippen LogP contribution in [0.1, 0.15) is 37.6 Å². The van der Waals surface area contributed by atoms with E-state index in [0.29, 0.717) is 49.1 Å². The summed E-state index contributed by atoms with van der Waals surface area (Å²) < 4.78 is 0. The fourth-order valence-electron chi connectivity index (χ4n) is 2.69. The van der Waals surface area contributed by atoms with Gasteiger partial charge in [-0.15, -0.1) is 0 Å². The number of amides is 1. The van der Waals surface area contributed by atoms with Crippen LogP contribution in [-0.2, 0) is 4.79 Å². The van der Waals surface area contributed by atoms with Crippen LogP contribution in [0.3, 0.4) is 0 Å². The summed E-state index contributed by atoms with van der Waals surface area (Å²) in [6.45, 7) is 8.06. The molecule has 1 amide bonds. The quantitative estimate of drug-likeness (QED) is 0.532. The smallest absolute Gasteiger partial charge is 0.337 e. The minimum Gasteiger partial charge on any atom is -0.478 e. The molecule has 0 fully saturated rings. The van der Waals surface area contributed by atoms with Crippen molar-refractivity contribution in [2.75, 3.05) is 36.8 Å². The summed E-state index contributed by atoms with van der Waals surface area (Å²) >= 11 is 0. The van der Waals surface area contributed by atoms with Crippen molar-refractivity contribution in [3.8, 4) is 11.1 Å². The van der Waals surface area contributed by atoms with Crippen molar-refractivity contribution in [3.63, 3.8) is 0 Å². The standard InChI is InChI=1S/C19H26N6O3/c1-4-21-19-23-12-16(14-9-15(18(27)28)11-20-10-14)17(24-19)22-7-6-8-25(5-2)13(3)26/h9-12H,4-8H2,1-3H3,(H,27,28)(H2,21,22,23,24). The predicted octanol–water partition coefficient (Wildman–Crippen LogP) is 2.34. The Morgan fingerprint density at radius 2 is 1.96 bits per heavy atom. The first-order valence-corrected chi connectivity index (χ1v) is 9.25. The molecule has 0 spiro atoms. The molecule has 0 saturated carbocycles. The maximum absolute atomic E-state index is 11.5. The zero-order chi connectivity index (χ0) is 20.5. The third-order valence-electron chi connectivity index (χ3n) is 4.14. The molecule has 0 atom stereocenters. The molecule has 0 unspecified atom stereocenters. The SMILES string of the molecule is CCNc1ncc(-c2cncc(C(=O)O)c2)c(NCCCN(CC)C(C)=O)n1. The van der Waals surface area contributed by atoms with E-state index in [1.165, 1.54) is 6.20 Å². The average Bonchev–Trinajstić information content (AvgIpc) is 2.68. The minimum absolute atomic E-state index is 0.0521. The minimum atomic E-state index is -1.04. The molecule has 2 rings (SSSR count). The summed E-state index contributed by atoms with van der Waals surface area (Å²) in [5.41, 5.74) is 1.37. The monoisotopic (exact) mass is 386 g/mol. The highest BCUT2D eigenvalue weighted by Crippen LogP contribution is 2.27. The molecule has 3 N–H and O–H groups in total. The van der Waals surface area contributed by atoms with Crippen LogP contribution in [0.15, 0.2) is 24.7 Å². The number of aromatic carboxylic acids is 1. The van der Waals surface area contributed by atoms with Gasteiger partial charge in [-0.05, 0) is 26.3 Å². The second kappa shape index (κ2) is 10.2. The molecule has 2 aromatic rings. The molecule has 2 aromatic heterocycles. The summed E-state index contributed by atoms with van der Waals surface area (Å²) in [5, 5.41) is 15.5. The van der Waals surface area contributed by atoms with E-state index in [0.717, 1.165) is 6.42 Å². The summed E-state index contributed by atoms with van der Waals surface area (Å²) in [5.74, 6) is 0.0744. The van der Waals surface area contributed by atoms with Gasteiger partial charge in [0.15, 0.2) is 0 Å². The molecule has 0 aliphatic carbocycles. The van der Waals surface area contributed by atoms with Crippen molar-refractivity contribution in [1.29, 1.82) is 0 Å². The Morgan fingerprint density at radius 1 is 1.18 bits per heavy atom. The topological polar surface area (TPSA) is 120 Å². The Hall–Kier alpha value is -3.23. The summed E-state index contributed by atoms with van der Waals surface area (Å²) in [7, 11) is 0. The number of carbonyl (C=O) groups is 2. The van der Waals surface area contributed by atoms with E-state index < -0.39 is 5.97 Å². The lowest BCUT2D eigenvalue weighted by Gasteiger charge is -2.19. The molecule has 0 aliphatic heterocycles. The summed E-state index contributed by atoms with van der Waals surface area (Å²) in [6, 6.07) is 1.54. The van der Waals surface area contributed by atoms with E-state index in [9.17, 15) is 14.7 Å². The van der Waals surface area contributed by atoms with Gasteiger partial charge >= 0.3 is 5.97 Å². The van der Waals surface area contributed by atoms with Crippen LogP contribution in [0.2, 0.25) is 0 Å². The van der Waals surface area contributed by atoms with E-state index in [1.807, 2.05) is 13.8 Å². The number of nitrogens with one attached hydrogen (secondary N) is 2. The average molecular weight is 386 g/mol. The lowest BCUT2D eigenvalue weighted by Crippen LogP contribution is -2.30. The molecule has 2 heterocycles. The Bertz CT molecular complexity index is 827. The van der Waals surface area contributed by atoms with Gasteiger partial charge in [0, 0.05) is 62.8 Å². The van der Waals surface area contributed by atoms with Crippen molar-refractivity contribution in [2.24, 2.45) is 0 Å². The number of aromatic nitrogens is 3. The molecule has 28 heavy (non-hydrogen) atoms. The van der Waals surface area contributed by atoms with E-state index in [1.54, 1.807) is 30.3 Å². The predicted molar refractivity (Wildman–Crippen MR) is 107 cm³/mol. The fraction of sp³-hybridized carbons (Fsp3) is 0.421. The van der Waals surface area contributed by atoms with Crippen LogP contribution in [0.5, 0.6) is 0 Å². The van der Waals surface area contributed by atoms with Crippen LogP contribution in [0, 0.1) is 0 Å². The molecule has 0 radical (unpaired) electrons. The van der Waals surface area contributed by atoms with Gasteiger partial charge in [0.05, 0.1) is 5.56 Å². The number of rotatable bonds is 10. The number of carboxylic acids is 1. The van der Waals surface area contributed by atoms with Crippen molar-refractivity contribution >= 4 is 23.6 Å². The van der Waals surface area contributed by atoms with Gasteiger partial charge in [-0.1, -0.05) is 0 Å². The fourth-order valence-corrected chi connectivity index (χ4v) is 2.69. The number of nitrogens with zero attached hydrogens (tertiary/aromatic N) is 4. The van der Waals surface area contributed by atoms with Crippen LogP contribution in [0.25, 0.3) is 11.1 Å². The maximum atomic E-state index is 11.5. The first-order valence-electron chi connectivity index (χ1n) is 9.25. The first kappa shape index (κ1) is 21.1. The number of carboxylic acid groups (broad SMARTS) is 1. The van der Waals surface area contributed by atoms with Gasteiger partial charge in [-0.25, -0.2) is 9.78 Å². The molecule has 0 saturated heterocycles. The van der Waals surface area contributed by atoms with Gasteiger partial charge in [0.2, 0.25) is 11.9 Å².